The molecule has 3 aromatic heterocycles. The van der Waals surface area contributed by atoms with Gasteiger partial charge >= 0.3 is 5.97 Å². The fraction of sp³-hybridized carbons (Fsp3) is 0.250. The summed E-state index contributed by atoms with van der Waals surface area (Å²) in [7, 11) is 3.92. The summed E-state index contributed by atoms with van der Waals surface area (Å²) in [4.78, 5) is 38.9. The molecule has 2 aromatic carbocycles. The summed E-state index contributed by atoms with van der Waals surface area (Å²) in [6, 6.07) is 16.7. The van der Waals surface area contributed by atoms with Gasteiger partial charge in [0.05, 0.1) is 45.3 Å². The van der Waals surface area contributed by atoms with E-state index in [9.17, 15) is 9.59 Å². The fourth-order valence-corrected chi connectivity index (χ4v) is 7.95. The number of hydrogen-bond acceptors (Lipinski definition) is 11. The van der Waals surface area contributed by atoms with Crippen molar-refractivity contribution in [3.63, 3.8) is 0 Å². The van der Waals surface area contributed by atoms with Crippen LogP contribution in [0, 0.1) is 0 Å². The monoisotopic (exact) mass is 646 g/mol. The molecule has 1 atom stereocenters. The van der Waals surface area contributed by atoms with Gasteiger partial charge in [0.2, 0.25) is 0 Å². The number of benzene rings is 2. The quantitative estimate of drug-likeness (QED) is 0.191. The SMILES string of the molecule is CCOC(=O)C1=C(C)N=c2s/c(=C\c3ccc(Sc4nc5ccc(OCC)cc5s4)o3)c(=O)n2[C@H]1c1ccc(N(C)C)cc1. The number of thiazole rings is 2. The summed E-state index contributed by atoms with van der Waals surface area (Å²) in [5.41, 5.74) is 3.32. The number of nitrogens with zero attached hydrogens (tertiary/aromatic N) is 4. The number of carbonyl (C=O) groups is 1. The number of fused-ring (bicyclic) bond motifs is 2. The number of ether oxygens (including phenoxy) is 2. The van der Waals surface area contributed by atoms with Gasteiger partial charge in [0.15, 0.2) is 14.2 Å². The highest BCUT2D eigenvalue weighted by Gasteiger charge is 2.33. The Hall–Kier alpha value is -4.13. The van der Waals surface area contributed by atoms with E-state index in [1.807, 2.05) is 80.5 Å². The molecule has 0 amide bonds. The molecule has 1 aliphatic heterocycles. The molecule has 0 saturated heterocycles. The van der Waals surface area contributed by atoms with Crippen LogP contribution in [0.4, 0.5) is 5.69 Å². The average Bonchev–Trinajstić information content (AvgIpc) is 3.69. The summed E-state index contributed by atoms with van der Waals surface area (Å²) < 4.78 is 21.0. The predicted octanol–water partition coefficient (Wildman–Crippen LogP) is 5.62. The Labute approximate surface area is 265 Å². The lowest BCUT2D eigenvalue weighted by molar-refractivity contribution is -0.139. The zero-order valence-corrected chi connectivity index (χ0v) is 27.3. The van der Waals surface area contributed by atoms with Crippen molar-refractivity contribution < 1.29 is 18.7 Å². The van der Waals surface area contributed by atoms with Crippen LogP contribution in [0.3, 0.4) is 0 Å². The highest BCUT2D eigenvalue weighted by Crippen LogP contribution is 2.37. The van der Waals surface area contributed by atoms with E-state index in [0.29, 0.717) is 38.1 Å². The largest absolute Gasteiger partial charge is 0.494 e. The fourth-order valence-electron chi connectivity index (χ4n) is 4.93. The van der Waals surface area contributed by atoms with Crippen LogP contribution in [0.5, 0.6) is 5.75 Å². The Morgan fingerprint density at radius 2 is 1.89 bits per heavy atom. The first-order chi connectivity index (χ1) is 21.2. The Balaban J connectivity index is 1.34. The molecule has 12 heteroatoms. The van der Waals surface area contributed by atoms with Gasteiger partial charge < -0.3 is 18.8 Å². The highest BCUT2D eigenvalue weighted by molar-refractivity contribution is 8.01. The second kappa shape index (κ2) is 12.5. The van der Waals surface area contributed by atoms with Crippen molar-refractivity contribution in [3.8, 4) is 5.75 Å². The van der Waals surface area contributed by atoms with Crippen molar-refractivity contribution in [2.24, 2.45) is 4.99 Å². The number of aromatic nitrogens is 2. The molecule has 4 heterocycles. The third kappa shape index (κ3) is 5.84. The van der Waals surface area contributed by atoms with Crippen molar-refractivity contribution in [1.82, 2.24) is 9.55 Å². The lowest BCUT2D eigenvalue weighted by Gasteiger charge is -2.25. The molecule has 0 saturated carbocycles. The number of allylic oxidation sites excluding steroid dienone is 1. The Bertz CT molecular complexity index is 2070. The molecular formula is C32H30N4O5S3. The number of carbonyl (C=O) groups excluding carboxylic acids is 1. The van der Waals surface area contributed by atoms with Gasteiger partial charge in [-0.05, 0) is 80.6 Å². The van der Waals surface area contributed by atoms with E-state index in [4.69, 9.17) is 18.9 Å². The highest BCUT2D eigenvalue weighted by atomic mass is 32.2. The van der Waals surface area contributed by atoms with E-state index < -0.39 is 12.0 Å². The summed E-state index contributed by atoms with van der Waals surface area (Å²) in [5.74, 6) is 0.867. The van der Waals surface area contributed by atoms with E-state index in [0.717, 1.165) is 31.6 Å². The van der Waals surface area contributed by atoms with Crippen LogP contribution >= 0.6 is 34.4 Å². The standard InChI is InChI=1S/C32H30N4O5S3/c1-6-39-21-12-14-23-24(16-21)43-32(34-23)44-26-15-13-22(41-26)17-25-29(37)36-28(19-8-10-20(11-9-19)35(4)5)27(30(38)40-7-2)18(3)33-31(36)42-25/h8-17,28H,6-7H2,1-5H3/b25-17-/t28-/m0/s1. The number of esters is 1. The zero-order valence-electron chi connectivity index (χ0n) is 24.8. The number of rotatable bonds is 9. The normalized spacial score (nSPS) is 14.9. The molecule has 9 nitrogen and oxygen atoms in total. The Kier molecular flexibility index (Phi) is 8.48. The summed E-state index contributed by atoms with van der Waals surface area (Å²) in [5, 5.41) is 0.660. The minimum atomic E-state index is -0.673. The van der Waals surface area contributed by atoms with Crippen molar-refractivity contribution in [2.75, 3.05) is 32.2 Å². The first-order valence-corrected chi connectivity index (χ1v) is 16.5. The van der Waals surface area contributed by atoms with Crippen molar-refractivity contribution in [1.29, 1.82) is 0 Å². The van der Waals surface area contributed by atoms with Gasteiger partial charge in [-0.25, -0.2) is 14.8 Å². The maximum absolute atomic E-state index is 13.9. The average molecular weight is 647 g/mol. The molecule has 0 N–H and O–H groups in total. The first kappa shape index (κ1) is 29.9. The van der Waals surface area contributed by atoms with Crippen molar-refractivity contribution in [2.45, 2.75) is 36.2 Å². The third-order valence-electron chi connectivity index (χ3n) is 6.96. The summed E-state index contributed by atoms with van der Waals surface area (Å²) in [6.07, 6.45) is 1.72. The minimum Gasteiger partial charge on any atom is -0.494 e. The molecule has 0 fully saturated rings. The van der Waals surface area contributed by atoms with Crippen LogP contribution in [0.2, 0.25) is 0 Å². The lowest BCUT2D eigenvalue weighted by atomic mass is 9.95. The molecule has 0 spiro atoms. The topological polar surface area (TPSA) is 99.2 Å². The van der Waals surface area contributed by atoms with Gasteiger partial charge in [0, 0.05) is 25.9 Å². The van der Waals surface area contributed by atoms with Crippen LogP contribution in [0.15, 0.2) is 89.5 Å². The molecule has 44 heavy (non-hydrogen) atoms. The van der Waals surface area contributed by atoms with Gasteiger partial charge in [-0.2, -0.15) is 0 Å². The molecule has 6 rings (SSSR count). The van der Waals surface area contributed by atoms with Crippen molar-refractivity contribution >= 4 is 62.4 Å². The van der Waals surface area contributed by atoms with Crippen LogP contribution in [-0.4, -0.2) is 42.8 Å². The number of furan rings is 1. The van der Waals surface area contributed by atoms with E-state index >= 15 is 0 Å². The molecule has 0 unspecified atom stereocenters. The van der Waals surface area contributed by atoms with Gasteiger partial charge in [-0.3, -0.25) is 9.36 Å². The maximum atomic E-state index is 13.9. The van der Waals surface area contributed by atoms with E-state index in [1.54, 1.807) is 35.8 Å². The molecule has 1 aliphatic rings. The van der Waals surface area contributed by atoms with Crippen LogP contribution in [0.1, 0.15) is 38.1 Å². The molecule has 0 radical (unpaired) electrons. The lowest BCUT2D eigenvalue weighted by Crippen LogP contribution is -2.39. The summed E-state index contributed by atoms with van der Waals surface area (Å²) in [6.45, 7) is 6.32. The van der Waals surface area contributed by atoms with Gasteiger partial charge in [0.1, 0.15) is 11.5 Å². The van der Waals surface area contributed by atoms with E-state index in [2.05, 4.69) is 4.99 Å². The second-order valence-corrected chi connectivity index (χ2v) is 13.4. The van der Waals surface area contributed by atoms with E-state index in [1.165, 1.54) is 23.1 Å². The Morgan fingerprint density at radius 3 is 2.61 bits per heavy atom. The van der Waals surface area contributed by atoms with Gasteiger partial charge in [-0.15, -0.1) is 11.3 Å². The van der Waals surface area contributed by atoms with Gasteiger partial charge in [-0.1, -0.05) is 23.5 Å². The van der Waals surface area contributed by atoms with Crippen LogP contribution in [0.25, 0.3) is 16.3 Å². The zero-order chi connectivity index (χ0) is 31.0. The van der Waals surface area contributed by atoms with Crippen molar-refractivity contribution in [3.05, 3.63) is 96.9 Å². The number of anilines is 1. The Morgan fingerprint density at radius 1 is 1.09 bits per heavy atom. The molecule has 0 aliphatic carbocycles. The summed E-state index contributed by atoms with van der Waals surface area (Å²) >= 11 is 4.25. The molecular weight excluding hydrogens is 617 g/mol. The van der Waals surface area contributed by atoms with Crippen LogP contribution in [-0.2, 0) is 9.53 Å². The molecule has 0 bridgehead atoms. The third-order valence-corrected chi connectivity index (χ3v) is 9.94. The first-order valence-electron chi connectivity index (χ1n) is 14.0. The number of hydrogen-bond donors (Lipinski definition) is 0. The molecule has 226 valence electrons. The van der Waals surface area contributed by atoms with Crippen LogP contribution < -0.4 is 24.5 Å². The van der Waals surface area contributed by atoms with Gasteiger partial charge in [0.25, 0.3) is 5.56 Å². The smallest absolute Gasteiger partial charge is 0.338 e. The minimum absolute atomic E-state index is 0.219. The maximum Gasteiger partial charge on any atom is 0.338 e. The van der Waals surface area contributed by atoms with E-state index in [-0.39, 0.29) is 12.2 Å². The molecule has 5 aromatic rings. The second-order valence-electron chi connectivity index (χ2n) is 10.1. The predicted molar refractivity (Wildman–Crippen MR) is 175 cm³/mol.